The lowest BCUT2D eigenvalue weighted by Gasteiger charge is -2.28. The lowest BCUT2D eigenvalue weighted by atomic mass is 10.4. The minimum absolute atomic E-state index is 0.0588. The number of hydrogen-bond acceptors (Lipinski definition) is 5. The van der Waals surface area contributed by atoms with Crippen LogP contribution in [0.25, 0.3) is 0 Å². The molecule has 0 aromatic heterocycles. The maximum absolute atomic E-state index is 11.4. The van der Waals surface area contributed by atoms with E-state index in [-0.39, 0.29) is 31.6 Å². The highest BCUT2D eigenvalue weighted by Gasteiger charge is 2.29. The molecule has 0 radical (unpaired) electrons. The van der Waals surface area contributed by atoms with Gasteiger partial charge in [-0.1, -0.05) is 0 Å². The van der Waals surface area contributed by atoms with Crippen molar-refractivity contribution in [3.63, 3.8) is 0 Å². The van der Waals surface area contributed by atoms with E-state index in [2.05, 4.69) is 0 Å². The highest BCUT2D eigenvalue weighted by molar-refractivity contribution is 5.98. The first-order valence-electron chi connectivity index (χ1n) is 5.33. The fourth-order valence-electron chi connectivity index (χ4n) is 1.40. The number of imide groups is 1. The molecular formula is C10H17NO5. The smallest absolute Gasteiger partial charge is 0.255 e. The number of morpholine rings is 1. The van der Waals surface area contributed by atoms with E-state index >= 15 is 0 Å². The zero-order valence-electron chi connectivity index (χ0n) is 9.60. The molecular weight excluding hydrogens is 214 g/mol. The van der Waals surface area contributed by atoms with Crippen LogP contribution in [0.15, 0.2) is 0 Å². The van der Waals surface area contributed by atoms with Gasteiger partial charge in [-0.25, -0.2) is 0 Å². The van der Waals surface area contributed by atoms with Gasteiger partial charge in [-0.2, -0.15) is 0 Å². The summed E-state index contributed by atoms with van der Waals surface area (Å²) in [5.74, 6) is -0.693. The van der Waals surface area contributed by atoms with Gasteiger partial charge in [-0.3, -0.25) is 14.5 Å². The molecule has 1 fully saturated rings. The zero-order valence-corrected chi connectivity index (χ0v) is 9.60. The minimum Gasteiger partial charge on any atom is -0.362 e. The summed E-state index contributed by atoms with van der Waals surface area (Å²) in [6.07, 6.45) is -0.555. The first kappa shape index (κ1) is 13.1. The molecule has 0 aromatic rings. The molecule has 16 heavy (non-hydrogen) atoms. The molecule has 92 valence electrons. The number of rotatable bonds is 6. The molecule has 6 nitrogen and oxygen atoms in total. The van der Waals surface area contributed by atoms with Gasteiger partial charge in [0.25, 0.3) is 11.8 Å². The summed E-state index contributed by atoms with van der Waals surface area (Å²) >= 11 is 0. The SMILES string of the molecule is CCOC(CN1C(=O)COCC1=O)OCC. The molecule has 1 saturated heterocycles. The number of carbonyl (C=O) groups excluding carboxylic acids is 2. The van der Waals surface area contributed by atoms with E-state index in [9.17, 15) is 9.59 Å². The predicted octanol–water partition coefficient (Wildman–Crippen LogP) is -0.229. The summed E-state index contributed by atoms with van der Waals surface area (Å²) in [7, 11) is 0. The number of amides is 2. The van der Waals surface area contributed by atoms with E-state index in [1.54, 1.807) is 0 Å². The molecule has 0 unspecified atom stereocenters. The minimum atomic E-state index is -0.555. The first-order valence-corrected chi connectivity index (χ1v) is 5.33. The van der Waals surface area contributed by atoms with Gasteiger partial charge in [-0.15, -0.1) is 0 Å². The Labute approximate surface area is 94.4 Å². The van der Waals surface area contributed by atoms with Crippen molar-refractivity contribution in [3.05, 3.63) is 0 Å². The maximum atomic E-state index is 11.4. The molecule has 0 spiro atoms. The van der Waals surface area contributed by atoms with Crippen molar-refractivity contribution in [1.29, 1.82) is 0 Å². The molecule has 1 heterocycles. The van der Waals surface area contributed by atoms with E-state index < -0.39 is 6.29 Å². The normalized spacial score (nSPS) is 17.3. The highest BCUT2D eigenvalue weighted by Crippen LogP contribution is 2.05. The van der Waals surface area contributed by atoms with Crippen LogP contribution in [0.1, 0.15) is 13.8 Å². The lowest BCUT2D eigenvalue weighted by Crippen LogP contribution is -2.50. The molecule has 1 aliphatic rings. The van der Waals surface area contributed by atoms with Crippen molar-refractivity contribution in [1.82, 2.24) is 4.90 Å². The van der Waals surface area contributed by atoms with Crippen molar-refractivity contribution in [3.8, 4) is 0 Å². The van der Waals surface area contributed by atoms with E-state index in [0.29, 0.717) is 13.2 Å². The van der Waals surface area contributed by atoms with Crippen molar-refractivity contribution in [2.45, 2.75) is 20.1 Å². The van der Waals surface area contributed by atoms with E-state index in [1.165, 1.54) is 0 Å². The van der Waals surface area contributed by atoms with Crippen molar-refractivity contribution < 1.29 is 23.8 Å². The Morgan fingerprint density at radius 1 is 1.19 bits per heavy atom. The Balaban J connectivity index is 2.53. The number of carbonyl (C=O) groups is 2. The van der Waals surface area contributed by atoms with Crippen LogP contribution in [0.2, 0.25) is 0 Å². The maximum Gasteiger partial charge on any atom is 0.255 e. The average Bonchev–Trinajstić information content (AvgIpc) is 2.24. The van der Waals surface area contributed by atoms with Crippen molar-refractivity contribution in [2.24, 2.45) is 0 Å². The van der Waals surface area contributed by atoms with Crippen LogP contribution in [0.5, 0.6) is 0 Å². The third-order valence-corrected chi connectivity index (χ3v) is 2.09. The fourth-order valence-corrected chi connectivity index (χ4v) is 1.40. The standard InChI is InChI=1S/C10H17NO5/c1-3-15-10(16-4-2)5-11-8(12)6-14-7-9(11)13/h10H,3-7H2,1-2H3. The molecule has 0 saturated carbocycles. The van der Waals surface area contributed by atoms with Crippen LogP contribution in [0.4, 0.5) is 0 Å². The molecule has 0 N–H and O–H groups in total. The second-order valence-corrected chi connectivity index (χ2v) is 3.23. The summed E-state index contributed by atoms with van der Waals surface area (Å²) in [6, 6.07) is 0. The first-order chi connectivity index (χ1) is 7.69. The van der Waals surface area contributed by atoms with Crippen LogP contribution in [-0.2, 0) is 23.8 Å². The average molecular weight is 231 g/mol. The second kappa shape index (κ2) is 6.57. The van der Waals surface area contributed by atoms with E-state index in [4.69, 9.17) is 14.2 Å². The molecule has 0 aromatic carbocycles. The van der Waals surface area contributed by atoms with Gasteiger partial charge in [0.2, 0.25) is 0 Å². The topological polar surface area (TPSA) is 65.1 Å². The van der Waals surface area contributed by atoms with Crippen LogP contribution < -0.4 is 0 Å². The van der Waals surface area contributed by atoms with Gasteiger partial charge in [0.05, 0.1) is 6.54 Å². The zero-order chi connectivity index (χ0) is 12.0. The molecule has 0 bridgehead atoms. The number of hydrogen-bond donors (Lipinski definition) is 0. The van der Waals surface area contributed by atoms with Crippen LogP contribution in [0, 0.1) is 0 Å². The fraction of sp³-hybridized carbons (Fsp3) is 0.800. The summed E-state index contributed by atoms with van der Waals surface area (Å²) in [6.45, 7) is 4.61. The Bertz CT molecular complexity index is 234. The van der Waals surface area contributed by atoms with Gasteiger partial charge >= 0.3 is 0 Å². The van der Waals surface area contributed by atoms with Crippen LogP contribution in [-0.4, -0.2) is 56.0 Å². The molecule has 1 rings (SSSR count). The molecule has 0 aliphatic carbocycles. The Morgan fingerprint density at radius 3 is 2.12 bits per heavy atom. The highest BCUT2D eigenvalue weighted by atomic mass is 16.7. The van der Waals surface area contributed by atoms with Crippen molar-refractivity contribution in [2.75, 3.05) is 33.0 Å². The Morgan fingerprint density at radius 2 is 1.69 bits per heavy atom. The third kappa shape index (κ3) is 3.55. The Kier molecular flexibility index (Phi) is 5.37. The van der Waals surface area contributed by atoms with Crippen LogP contribution >= 0.6 is 0 Å². The number of nitrogens with zero attached hydrogens (tertiary/aromatic N) is 1. The predicted molar refractivity (Wildman–Crippen MR) is 54.6 cm³/mol. The molecule has 2 amide bonds. The third-order valence-electron chi connectivity index (χ3n) is 2.09. The van der Waals surface area contributed by atoms with E-state index in [0.717, 1.165) is 4.90 Å². The molecule has 0 atom stereocenters. The molecule has 6 heteroatoms. The number of ether oxygens (including phenoxy) is 3. The Hall–Kier alpha value is -0.980. The summed E-state index contributed by atoms with van der Waals surface area (Å²) < 4.78 is 15.3. The van der Waals surface area contributed by atoms with Gasteiger partial charge < -0.3 is 14.2 Å². The van der Waals surface area contributed by atoms with Gasteiger partial charge in [0.15, 0.2) is 6.29 Å². The lowest BCUT2D eigenvalue weighted by molar-refractivity contribution is -0.176. The van der Waals surface area contributed by atoms with Gasteiger partial charge in [-0.05, 0) is 13.8 Å². The summed E-state index contributed by atoms with van der Waals surface area (Å²) in [5, 5.41) is 0. The quantitative estimate of drug-likeness (QED) is 0.466. The van der Waals surface area contributed by atoms with Gasteiger partial charge in [0.1, 0.15) is 13.2 Å². The van der Waals surface area contributed by atoms with Gasteiger partial charge in [0, 0.05) is 13.2 Å². The van der Waals surface area contributed by atoms with Crippen molar-refractivity contribution >= 4 is 11.8 Å². The largest absolute Gasteiger partial charge is 0.362 e. The monoisotopic (exact) mass is 231 g/mol. The van der Waals surface area contributed by atoms with E-state index in [1.807, 2.05) is 13.8 Å². The molecule has 1 aliphatic heterocycles. The second-order valence-electron chi connectivity index (χ2n) is 3.23. The summed E-state index contributed by atoms with van der Waals surface area (Å²) in [5.41, 5.74) is 0. The summed E-state index contributed by atoms with van der Waals surface area (Å²) in [4.78, 5) is 24.0. The van der Waals surface area contributed by atoms with Crippen LogP contribution in [0.3, 0.4) is 0 Å².